The largest absolute Gasteiger partial charge is 0.469 e. The minimum Gasteiger partial charge on any atom is -0.469 e. The van der Waals surface area contributed by atoms with Gasteiger partial charge < -0.3 is 15.8 Å². The van der Waals surface area contributed by atoms with E-state index >= 15 is 0 Å². The quantitative estimate of drug-likeness (QED) is 0.622. The fourth-order valence-electron chi connectivity index (χ4n) is 2.18. The summed E-state index contributed by atoms with van der Waals surface area (Å²) in [5, 5.41) is 3.11. The number of nitrogens with zero attached hydrogens (tertiary/aromatic N) is 1. The van der Waals surface area contributed by atoms with Crippen LogP contribution in [-0.2, 0) is 22.4 Å². The summed E-state index contributed by atoms with van der Waals surface area (Å²) in [6.45, 7) is 0.452. The van der Waals surface area contributed by atoms with Gasteiger partial charge in [0.2, 0.25) is 0 Å². The van der Waals surface area contributed by atoms with E-state index in [1.165, 1.54) is 12.7 Å². The molecule has 0 aliphatic heterocycles. The van der Waals surface area contributed by atoms with Gasteiger partial charge in [0.05, 0.1) is 19.1 Å². The number of fused-ring (bicyclic) bond motifs is 1. The molecule has 1 aromatic rings. The van der Waals surface area contributed by atoms with Gasteiger partial charge in [-0.2, -0.15) is 0 Å². The number of ether oxygens (including phenoxy) is 1. The summed E-state index contributed by atoms with van der Waals surface area (Å²) in [4.78, 5) is 16.0. The number of methoxy groups -OCH3 is 1. The van der Waals surface area contributed by atoms with E-state index in [9.17, 15) is 4.79 Å². The zero-order chi connectivity index (χ0) is 13.8. The number of pyridine rings is 1. The summed E-state index contributed by atoms with van der Waals surface area (Å²) in [5.74, 6) is 0.405. The van der Waals surface area contributed by atoms with Gasteiger partial charge in [-0.25, -0.2) is 4.98 Å². The van der Waals surface area contributed by atoms with E-state index in [1.807, 2.05) is 6.07 Å². The monoisotopic (exact) mass is 279 g/mol. The Morgan fingerprint density at radius 1 is 1.58 bits per heavy atom. The number of anilines is 1. The molecular weight excluding hydrogens is 262 g/mol. The molecule has 0 unspecified atom stereocenters. The summed E-state index contributed by atoms with van der Waals surface area (Å²) in [6, 6.07) is 2.01. The lowest BCUT2D eigenvalue weighted by Crippen LogP contribution is -2.17. The number of carbonyl (C=O) groups is 1. The van der Waals surface area contributed by atoms with Crippen molar-refractivity contribution in [3.8, 4) is 0 Å². The summed E-state index contributed by atoms with van der Waals surface area (Å²) < 4.78 is 4.59. The highest BCUT2D eigenvalue weighted by Gasteiger charge is 2.17. The van der Waals surface area contributed by atoms with Crippen LogP contribution < -0.4 is 11.1 Å². The van der Waals surface area contributed by atoms with E-state index < -0.39 is 0 Å². The van der Waals surface area contributed by atoms with Crippen LogP contribution in [0.2, 0.25) is 0 Å². The van der Waals surface area contributed by atoms with Crippen LogP contribution in [0.15, 0.2) is 6.07 Å². The van der Waals surface area contributed by atoms with Crippen LogP contribution in [0.3, 0.4) is 0 Å². The molecule has 0 spiro atoms. The van der Waals surface area contributed by atoms with Crippen LogP contribution in [0.1, 0.15) is 29.7 Å². The molecular formula is C13H17N3O2S. The molecule has 5 nitrogen and oxygen atoms in total. The Morgan fingerprint density at radius 3 is 3.05 bits per heavy atom. The maximum atomic E-state index is 11.1. The van der Waals surface area contributed by atoms with Crippen LogP contribution >= 0.6 is 12.2 Å². The molecule has 3 N–H and O–H groups in total. The van der Waals surface area contributed by atoms with Gasteiger partial charge in [0.1, 0.15) is 10.8 Å². The molecule has 0 saturated carbocycles. The van der Waals surface area contributed by atoms with Gasteiger partial charge in [-0.15, -0.1) is 0 Å². The Labute approximate surface area is 117 Å². The van der Waals surface area contributed by atoms with Crippen molar-refractivity contribution in [2.45, 2.75) is 25.7 Å². The lowest BCUT2D eigenvalue weighted by atomic mass is 10.1. The first-order valence-electron chi connectivity index (χ1n) is 6.25. The fourth-order valence-corrected chi connectivity index (χ4v) is 2.34. The zero-order valence-corrected chi connectivity index (χ0v) is 11.7. The van der Waals surface area contributed by atoms with Crippen LogP contribution in [0, 0.1) is 0 Å². The second kappa shape index (κ2) is 5.97. The molecule has 1 aliphatic rings. The Kier molecular flexibility index (Phi) is 4.31. The van der Waals surface area contributed by atoms with E-state index in [-0.39, 0.29) is 12.4 Å². The molecule has 0 fully saturated rings. The lowest BCUT2D eigenvalue weighted by Gasteiger charge is -2.12. The molecule has 0 saturated heterocycles. The van der Waals surface area contributed by atoms with E-state index in [0.29, 0.717) is 17.4 Å². The molecule has 2 rings (SSSR count). The smallest absolute Gasteiger partial charge is 0.307 e. The number of nitrogens with two attached hydrogens (primary N) is 1. The van der Waals surface area contributed by atoms with Gasteiger partial charge in [0.15, 0.2) is 0 Å². The van der Waals surface area contributed by atoms with Gasteiger partial charge in [0.25, 0.3) is 0 Å². The molecule has 0 atom stereocenters. The number of nitrogens with one attached hydrogen (secondary N) is 1. The summed E-state index contributed by atoms with van der Waals surface area (Å²) in [6.07, 6.45) is 3.41. The topological polar surface area (TPSA) is 77.2 Å². The Morgan fingerprint density at radius 2 is 2.37 bits per heavy atom. The number of aromatic nitrogens is 1. The standard InChI is InChI=1S/C13H17N3O2S/c1-18-11(17)5-6-15-13-9(12(14)19)7-8-3-2-4-10(8)16-13/h7H,2-6H2,1H3,(H2,14,19)(H,15,16). The van der Waals surface area contributed by atoms with Crippen molar-refractivity contribution in [2.24, 2.45) is 5.73 Å². The highest BCUT2D eigenvalue weighted by Crippen LogP contribution is 2.25. The first-order valence-corrected chi connectivity index (χ1v) is 6.66. The highest BCUT2D eigenvalue weighted by molar-refractivity contribution is 7.80. The van der Waals surface area contributed by atoms with Crippen LogP contribution in [-0.4, -0.2) is 29.6 Å². The van der Waals surface area contributed by atoms with Crippen molar-refractivity contribution in [1.29, 1.82) is 0 Å². The van der Waals surface area contributed by atoms with E-state index in [0.717, 1.165) is 30.5 Å². The Bertz CT molecular complexity index is 517. The lowest BCUT2D eigenvalue weighted by molar-refractivity contribution is -0.140. The average Bonchev–Trinajstić information content (AvgIpc) is 2.84. The first-order chi connectivity index (χ1) is 9.11. The van der Waals surface area contributed by atoms with Gasteiger partial charge in [0, 0.05) is 12.2 Å². The third-order valence-electron chi connectivity index (χ3n) is 3.17. The number of esters is 1. The van der Waals surface area contributed by atoms with Gasteiger partial charge >= 0.3 is 5.97 Å². The van der Waals surface area contributed by atoms with Crippen molar-refractivity contribution >= 4 is 29.0 Å². The Hall–Kier alpha value is -1.69. The van der Waals surface area contributed by atoms with Crippen molar-refractivity contribution in [3.05, 3.63) is 22.9 Å². The van der Waals surface area contributed by atoms with Crippen LogP contribution in [0.4, 0.5) is 5.82 Å². The van der Waals surface area contributed by atoms with Gasteiger partial charge in [-0.3, -0.25) is 4.79 Å². The number of thiocarbonyl (C=S) groups is 1. The third kappa shape index (κ3) is 3.20. The summed E-state index contributed by atoms with van der Waals surface area (Å²) in [7, 11) is 1.37. The molecule has 1 heterocycles. The molecule has 6 heteroatoms. The van der Waals surface area contributed by atoms with Gasteiger partial charge in [-0.05, 0) is 30.9 Å². The minimum absolute atomic E-state index is 0.259. The van der Waals surface area contributed by atoms with E-state index in [2.05, 4.69) is 15.0 Å². The number of carbonyl (C=O) groups excluding carboxylic acids is 1. The molecule has 0 amide bonds. The molecule has 1 aromatic heterocycles. The molecule has 102 valence electrons. The molecule has 0 bridgehead atoms. The summed E-state index contributed by atoms with van der Waals surface area (Å²) in [5.41, 5.74) is 8.80. The number of rotatable bonds is 5. The SMILES string of the molecule is COC(=O)CCNc1nc2c(cc1C(N)=S)CCC2. The Balaban J connectivity index is 2.14. The van der Waals surface area contributed by atoms with Gasteiger partial charge in [-0.1, -0.05) is 12.2 Å². The van der Waals surface area contributed by atoms with Crippen molar-refractivity contribution < 1.29 is 9.53 Å². The number of aryl methyl sites for hydroxylation is 2. The molecule has 0 radical (unpaired) electrons. The number of hydrogen-bond donors (Lipinski definition) is 2. The van der Waals surface area contributed by atoms with Crippen molar-refractivity contribution in [1.82, 2.24) is 4.98 Å². The molecule has 0 aromatic carbocycles. The first kappa shape index (κ1) is 13.7. The average molecular weight is 279 g/mol. The van der Waals surface area contributed by atoms with Crippen molar-refractivity contribution in [3.63, 3.8) is 0 Å². The number of hydrogen-bond acceptors (Lipinski definition) is 5. The third-order valence-corrected chi connectivity index (χ3v) is 3.39. The zero-order valence-electron chi connectivity index (χ0n) is 10.9. The minimum atomic E-state index is -0.259. The maximum absolute atomic E-state index is 11.1. The highest BCUT2D eigenvalue weighted by atomic mass is 32.1. The molecule has 19 heavy (non-hydrogen) atoms. The fraction of sp³-hybridized carbons (Fsp3) is 0.462. The predicted octanol–water partition coefficient (Wildman–Crippen LogP) is 1.18. The molecule has 1 aliphatic carbocycles. The summed E-state index contributed by atoms with van der Waals surface area (Å²) >= 11 is 5.05. The second-order valence-electron chi connectivity index (χ2n) is 4.46. The van der Waals surface area contributed by atoms with Crippen LogP contribution in [0.5, 0.6) is 0 Å². The second-order valence-corrected chi connectivity index (χ2v) is 4.90. The van der Waals surface area contributed by atoms with E-state index in [1.54, 1.807) is 0 Å². The van der Waals surface area contributed by atoms with E-state index in [4.69, 9.17) is 18.0 Å². The predicted molar refractivity (Wildman–Crippen MR) is 77.3 cm³/mol. The van der Waals surface area contributed by atoms with Crippen molar-refractivity contribution in [2.75, 3.05) is 19.0 Å². The normalized spacial score (nSPS) is 12.9. The van der Waals surface area contributed by atoms with Crippen LogP contribution in [0.25, 0.3) is 0 Å². The maximum Gasteiger partial charge on any atom is 0.307 e.